The van der Waals surface area contributed by atoms with Crippen molar-refractivity contribution in [2.45, 2.75) is 64.0 Å². The van der Waals surface area contributed by atoms with E-state index in [9.17, 15) is 8.78 Å². The zero-order valence-corrected chi connectivity index (χ0v) is 19.9. The molecule has 0 aliphatic carbocycles. The van der Waals surface area contributed by atoms with Crippen LogP contribution in [0.2, 0.25) is 12.6 Å². The van der Waals surface area contributed by atoms with Crippen LogP contribution in [0.3, 0.4) is 0 Å². The van der Waals surface area contributed by atoms with Gasteiger partial charge in [0.1, 0.15) is 5.71 Å². The summed E-state index contributed by atoms with van der Waals surface area (Å²) >= 11 is 1.86. The van der Waals surface area contributed by atoms with Crippen LogP contribution >= 0.6 is 11.9 Å². The number of rotatable bonds is 7. The number of nitriles is 1. The van der Waals surface area contributed by atoms with Crippen molar-refractivity contribution in [3.8, 4) is 5.97 Å². The lowest BCUT2D eigenvalue weighted by atomic mass is 9.43. The molecule has 0 aromatic heterocycles. The third-order valence-corrected chi connectivity index (χ3v) is 7.05. The van der Waals surface area contributed by atoms with Gasteiger partial charge in [0.25, 0.3) is 13.1 Å². The predicted molar refractivity (Wildman–Crippen MR) is 137 cm³/mol. The number of nitrogens with zero attached hydrogens (tertiary/aromatic N) is 4. The summed E-state index contributed by atoms with van der Waals surface area (Å²) in [6.07, 6.45) is 1.59. The fourth-order valence-corrected chi connectivity index (χ4v) is 5.19. The molecule has 2 aromatic rings. The summed E-state index contributed by atoms with van der Waals surface area (Å²) in [5.74, 6) is 2.40. The highest BCUT2D eigenvalue weighted by Crippen LogP contribution is 2.35. The van der Waals surface area contributed by atoms with E-state index in [4.69, 9.17) is 5.26 Å². The van der Waals surface area contributed by atoms with Gasteiger partial charge in [-0.05, 0) is 48.0 Å². The van der Waals surface area contributed by atoms with Crippen molar-refractivity contribution in [1.29, 1.82) is 5.26 Å². The van der Waals surface area contributed by atoms with Gasteiger partial charge in [0.15, 0.2) is 0 Å². The van der Waals surface area contributed by atoms with Gasteiger partial charge in [0.2, 0.25) is 0 Å². The molecular formula is C25H29BF2N4S. The molecule has 0 unspecified atom stereocenters. The zero-order valence-electron chi connectivity index (χ0n) is 19.1. The van der Waals surface area contributed by atoms with Crippen LogP contribution in [0.5, 0.6) is 0 Å². The Balaban J connectivity index is 0.00000149. The molecule has 4 rings (SSSR count). The second kappa shape index (κ2) is 12.5. The zero-order chi connectivity index (χ0) is 23.6. The van der Waals surface area contributed by atoms with Crippen LogP contribution in [-0.4, -0.2) is 29.8 Å². The van der Waals surface area contributed by atoms with E-state index in [0.29, 0.717) is 11.0 Å². The van der Waals surface area contributed by atoms with Crippen LogP contribution in [-0.2, 0) is 6.54 Å². The van der Waals surface area contributed by atoms with Crippen LogP contribution in [0, 0.1) is 11.2 Å². The average molecular weight is 466 g/mol. The third kappa shape index (κ3) is 6.91. The number of para-hydroxylation sites is 1. The lowest BCUT2D eigenvalue weighted by molar-refractivity contribution is 0.224. The van der Waals surface area contributed by atoms with E-state index in [1.54, 1.807) is 0 Å². The molecule has 172 valence electrons. The summed E-state index contributed by atoms with van der Waals surface area (Å²) in [6.45, 7) is 4.93. The first-order chi connectivity index (χ1) is 16.1. The lowest BCUT2D eigenvalue weighted by Crippen LogP contribution is -2.26. The summed E-state index contributed by atoms with van der Waals surface area (Å²) in [5, 5.41) is 17.2. The average Bonchev–Trinajstić information content (AvgIpc) is 3.37. The Morgan fingerprint density at radius 2 is 1.73 bits per heavy atom. The van der Waals surface area contributed by atoms with Crippen molar-refractivity contribution in [1.82, 2.24) is 0 Å². The van der Waals surface area contributed by atoms with Gasteiger partial charge in [-0.1, -0.05) is 69.0 Å². The molecule has 1 fully saturated rings. The van der Waals surface area contributed by atoms with Gasteiger partial charge in [0.05, 0.1) is 12.3 Å². The topological polar surface area (TPSA) is 51.8 Å². The summed E-state index contributed by atoms with van der Waals surface area (Å²) in [6, 6.07) is 18.2. The third-order valence-electron chi connectivity index (χ3n) is 5.69. The van der Waals surface area contributed by atoms with Crippen LogP contribution < -0.4 is 4.31 Å². The number of anilines is 1. The standard InChI is InChI=1S/C23H23BF2N4S.C2H6/c25-23(26)22-14-21(28-29-22)18-8-6-17(7-9-18)15-30(19-4-2-1-3-5-19)31-20-10-12-24(16-27)13-11-20;1-2/h1-9,20,23H,10-15H2;1-2H3. The Morgan fingerprint density at radius 1 is 1.06 bits per heavy atom. The molecule has 2 aliphatic heterocycles. The molecule has 0 N–H and O–H groups in total. The van der Waals surface area contributed by atoms with Gasteiger partial charge in [-0.3, -0.25) is 0 Å². The molecule has 0 atom stereocenters. The summed E-state index contributed by atoms with van der Waals surface area (Å²) in [7, 11) is 0. The summed E-state index contributed by atoms with van der Waals surface area (Å²) in [5.41, 5.74) is 3.53. The van der Waals surface area contributed by atoms with Crippen molar-refractivity contribution in [3.05, 3.63) is 65.7 Å². The van der Waals surface area contributed by atoms with Crippen molar-refractivity contribution < 1.29 is 8.78 Å². The molecule has 2 aromatic carbocycles. The molecule has 0 bridgehead atoms. The molecule has 8 heteroatoms. The van der Waals surface area contributed by atoms with E-state index >= 15 is 0 Å². The van der Waals surface area contributed by atoms with E-state index in [1.807, 2.05) is 68.3 Å². The van der Waals surface area contributed by atoms with Gasteiger partial charge < -0.3 is 4.31 Å². The molecule has 33 heavy (non-hydrogen) atoms. The largest absolute Gasteiger partial charge is 0.312 e. The maximum atomic E-state index is 12.8. The number of alkyl halides is 2. The summed E-state index contributed by atoms with van der Waals surface area (Å²) < 4.78 is 27.9. The summed E-state index contributed by atoms with van der Waals surface area (Å²) in [4.78, 5) is 0. The Hall–Kier alpha value is -2.66. The van der Waals surface area contributed by atoms with E-state index in [0.717, 1.165) is 48.8 Å². The number of hydrogen-bond acceptors (Lipinski definition) is 5. The smallest absolute Gasteiger partial charge is 0.278 e. The SMILES string of the molecule is CC.N#CB1CCC(SN(Cc2ccc(C3=NN=C(C(F)F)C3)cc2)c2ccccc2)CC1. The maximum Gasteiger partial charge on any atom is 0.278 e. The second-order valence-electron chi connectivity index (χ2n) is 7.89. The number of hydrogen-bond donors (Lipinski definition) is 0. The van der Waals surface area contributed by atoms with Gasteiger partial charge in [-0.25, -0.2) is 14.0 Å². The Kier molecular flexibility index (Phi) is 9.50. The lowest BCUT2D eigenvalue weighted by Gasteiger charge is -2.31. The van der Waals surface area contributed by atoms with E-state index in [2.05, 4.69) is 32.6 Å². The van der Waals surface area contributed by atoms with Crippen molar-refractivity contribution in [2.24, 2.45) is 10.2 Å². The van der Waals surface area contributed by atoms with Gasteiger partial charge in [0, 0.05) is 23.3 Å². The minimum absolute atomic E-state index is 0.106. The van der Waals surface area contributed by atoms with Gasteiger partial charge >= 0.3 is 0 Å². The first-order valence-electron chi connectivity index (χ1n) is 11.5. The van der Waals surface area contributed by atoms with Crippen LogP contribution in [0.1, 0.15) is 44.2 Å². The van der Waals surface area contributed by atoms with Crippen molar-refractivity contribution in [3.63, 3.8) is 0 Å². The van der Waals surface area contributed by atoms with E-state index in [-0.39, 0.29) is 18.8 Å². The highest BCUT2D eigenvalue weighted by molar-refractivity contribution is 8.01. The first kappa shape index (κ1) is 25.0. The molecule has 0 saturated carbocycles. The Morgan fingerprint density at radius 3 is 2.30 bits per heavy atom. The molecule has 2 heterocycles. The molecule has 1 saturated heterocycles. The van der Waals surface area contributed by atoms with Crippen molar-refractivity contribution >= 4 is 35.8 Å². The van der Waals surface area contributed by atoms with Crippen LogP contribution in [0.4, 0.5) is 14.5 Å². The molecular weight excluding hydrogens is 437 g/mol. The predicted octanol–water partition coefficient (Wildman–Crippen LogP) is 6.90. The van der Waals surface area contributed by atoms with Gasteiger partial charge in [-0.2, -0.15) is 10.2 Å². The molecule has 0 spiro atoms. The van der Waals surface area contributed by atoms with Crippen molar-refractivity contribution in [2.75, 3.05) is 4.31 Å². The number of benzene rings is 2. The second-order valence-corrected chi connectivity index (χ2v) is 9.21. The van der Waals surface area contributed by atoms with E-state index < -0.39 is 6.43 Å². The fraction of sp³-hybridized carbons (Fsp3) is 0.400. The molecule has 2 aliphatic rings. The highest BCUT2D eigenvalue weighted by atomic mass is 32.2. The van der Waals surface area contributed by atoms with E-state index in [1.165, 1.54) is 0 Å². The first-order valence-corrected chi connectivity index (χ1v) is 12.4. The molecule has 0 amide bonds. The fourth-order valence-electron chi connectivity index (χ4n) is 3.88. The minimum atomic E-state index is -2.56. The molecule has 0 radical (unpaired) electrons. The normalized spacial score (nSPS) is 15.9. The Bertz CT molecular complexity index is 982. The maximum absolute atomic E-state index is 12.8. The quantitative estimate of drug-likeness (QED) is 0.329. The highest BCUT2D eigenvalue weighted by Gasteiger charge is 2.27. The number of halogens is 2. The van der Waals surface area contributed by atoms with Gasteiger partial charge in [-0.15, -0.1) is 0 Å². The van der Waals surface area contributed by atoms with Crippen LogP contribution in [0.25, 0.3) is 0 Å². The minimum Gasteiger partial charge on any atom is -0.312 e. The monoisotopic (exact) mass is 466 g/mol. The van der Waals surface area contributed by atoms with Crippen LogP contribution in [0.15, 0.2) is 64.8 Å². The Labute approximate surface area is 200 Å². The molecule has 4 nitrogen and oxygen atoms in total.